The van der Waals surface area contributed by atoms with Crippen molar-refractivity contribution in [1.29, 1.82) is 5.26 Å². The Kier molecular flexibility index (Phi) is 5.83. The lowest BCUT2D eigenvalue weighted by atomic mass is 9.72. The largest absolute Gasteiger partial charge is 0.326 e. The normalized spacial score (nSPS) is 12.7. The zero-order valence-electron chi connectivity index (χ0n) is 15.4. The van der Waals surface area contributed by atoms with Gasteiger partial charge in [-0.2, -0.15) is 5.26 Å². The molecule has 28 heavy (non-hydrogen) atoms. The minimum Gasteiger partial charge on any atom is -0.326 e. The van der Waals surface area contributed by atoms with Gasteiger partial charge in [-0.1, -0.05) is 66.7 Å². The highest BCUT2D eigenvalue weighted by molar-refractivity contribution is 5.43. The van der Waals surface area contributed by atoms with Crippen molar-refractivity contribution >= 4 is 5.69 Å². The highest BCUT2D eigenvalue weighted by atomic mass is 16.6. The van der Waals surface area contributed by atoms with Crippen molar-refractivity contribution in [1.82, 2.24) is 0 Å². The maximum atomic E-state index is 11.0. The number of nitro benzene ring substituents is 1. The van der Waals surface area contributed by atoms with Crippen LogP contribution >= 0.6 is 0 Å². The lowest BCUT2D eigenvalue weighted by Gasteiger charge is -2.28. The smallest absolute Gasteiger partial charge is 0.269 e. The van der Waals surface area contributed by atoms with Crippen molar-refractivity contribution in [2.24, 2.45) is 5.73 Å². The van der Waals surface area contributed by atoms with Crippen LogP contribution in [-0.2, 0) is 24.8 Å². The molecule has 0 saturated heterocycles. The molecule has 0 saturated carbocycles. The van der Waals surface area contributed by atoms with Crippen LogP contribution in [0.2, 0.25) is 0 Å². The quantitative estimate of drug-likeness (QED) is 0.495. The number of nitro groups is 1. The van der Waals surface area contributed by atoms with E-state index in [0.717, 1.165) is 22.3 Å². The summed E-state index contributed by atoms with van der Waals surface area (Å²) < 4.78 is 0. The summed E-state index contributed by atoms with van der Waals surface area (Å²) in [5.41, 5.74) is 8.73. The molecule has 0 aliphatic carbocycles. The van der Waals surface area contributed by atoms with Gasteiger partial charge in [-0.3, -0.25) is 10.1 Å². The summed E-state index contributed by atoms with van der Waals surface area (Å²) >= 11 is 0. The van der Waals surface area contributed by atoms with Gasteiger partial charge in [0, 0.05) is 18.7 Å². The second kappa shape index (κ2) is 8.47. The molecule has 3 aromatic rings. The standard InChI is InChI=1S/C23H21N3O2/c24-16-20-8-6-19(7-9-20)15-23(17-25,14-18-4-2-1-3-5-18)21-10-12-22(13-11-21)26(27)28/h1-13H,14-16,24H2. The van der Waals surface area contributed by atoms with E-state index in [2.05, 4.69) is 6.07 Å². The summed E-state index contributed by atoms with van der Waals surface area (Å²) in [5, 5.41) is 21.2. The van der Waals surface area contributed by atoms with E-state index < -0.39 is 10.3 Å². The molecule has 1 unspecified atom stereocenters. The van der Waals surface area contributed by atoms with E-state index >= 15 is 0 Å². The SMILES string of the molecule is N#CC(Cc1ccccc1)(Cc1ccc(CN)cc1)c1ccc([N+](=O)[O-])cc1. The van der Waals surface area contributed by atoms with Gasteiger partial charge in [-0.15, -0.1) is 0 Å². The Bertz CT molecular complexity index is 977. The van der Waals surface area contributed by atoms with Crippen LogP contribution < -0.4 is 5.73 Å². The van der Waals surface area contributed by atoms with Crippen molar-refractivity contribution in [3.8, 4) is 6.07 Å². The number of rotatable bonds is 7. The number of nitrogens with two attached hydrogens (primary N) is 1. The molecule has 5 nitrogen and oxygen atoms in total. The highest BCUT2D eigenvalue weighted by Gasteiger charge is 2.33. The maximum absolute atomic E-state index is 11.0. The molecule has 1 atom stereocenters. The van der Waals surface area contributed by atoms with Crippen LogP contribution in [-0.4, -0.2) is 4.92 Å². The van der Waals surface area contributed by atoms with E-state index in [0.29, 0.717) is 19.4 Å². The van der Waals surface area contributed by atoms with Gasteiger partial charge in [0.15, 0.2) is 0 Å². The third kappa shape index (κ3) is 4.25. The Hall–Kier alpha value is -3.49. The third-order valence-electron chi connectivity index (χ3n) is 4.96. The molecule has 0 amide bonds. The Balaban J connectivity index is 2.02. The minimum atomic E-state index is -0.833. The van der Waals surface area contributed by atoms with E-state index in [1.165, 1.54) is 12.1 Å². The van der Waals surface area contributed by atoms with Gasteiger partial charge in [0.05, 0.1) is 16.4 Å². The fourth-order valence-electron chi connectivity index (χ4n) is 3.40. The number of hydrogen-bond acceptors (Lipinski definition) is 4. The zero-order valence-corrected chi connectivity index (χ0v) is 15.4. The topological polar surface area (TPSA) is 93.0 Å². The second-order valence-electron chi connectivity index (χ2n) is 6.86. The summed E-state index contributed by atoms with van der Waals surface area (Å²) in [7, 11) is 0. The highest BCUT2D eigenvalue weighted by Crippen LogP contribution is 2.33. The molecule has 3 aromatic carbocycles. The van der Waals surface area contributed by atoms with Crippen LogP contribution in [0.25, 0.3) is 0 Å². The Labute approximate surface area is 164 Å². The van der Waals surface area contributed by atoms with Crippen molar-refractivity contribution < 1.29 is 4.92 Å². The molecule has 0 aromatic heterocycles. The first kappa shape index (κ1) is 19.3. The Morgan fingerprint density at radius 1 is 0.857 bits per heavy atom. The summed E-state index contributed by atoms with van der Waals surface area (Å²) in [6, 6.07) is 26.6. The van der Waals surface area contributed by atoms with Crippen molar-refractivity contribution in [3.05, 3.63) is 111 Å². The predicted octanol–water partition coefficient (Wildman–Crippen LogP) is 4.30. The number of non-ortho nitro benzene ring substituents is 1. The fourth-order valence-corrected chi connectivity index (χ4v) is 3.40. The van der Waals surface area contributed by atoms with Crippen LogP contribution in [0.3, 0.4) is 0 Å². The van der Waals surface area contributed by atoms with Gasteiger partial charge in [0.2, 0.25) is 0 Å². The maximum Gasteiger partial charge on any atom is 0.269 e. The first-order valence-electron chi connectivity index (χ1n) is 9.04. The molecule has 3 rings (SSSR count). The van der Waals surface area contributed by atoms with Gasteiger partial charge < -0.3 is 5.73 Å². The molecule has 0 fully saturated rings. The molecule has 0 bridgehead atoms. The van der Waals surface area contributed by atoms with Gasteiger partial charge in [0.1, 0.15) is 0 Å². The Morgan fingerprint density at radius 3 is 1.89 bits per heavy atom. The summed E-state index contributed by atoms with van der Waals surface area (Å²) in [6.45, 7) is 0.468. The lowest BCUT2D eigenvalue weighted by molar-refractivity contribution is -0.384. The molecule has 0 spiro atoms. The van der Waals surface area contributed by atoms with Crippen LogP contribution in [0.1, 0.15) is 22.3 Å². The molecule has 0 aliphatic heterocycles. The average Bonchev–Trinajstić information content (AvgIpc) is 2.74. The second-order valence-corrected chi connectivity index (χ2v) is 6.86. The number of benzene rings is 3. The number of hydrogen-bond donors (Lipinski definition) is 1. The first-order valence-corrected chi connectivity index (χ1v) is 9.04. The molecule has 5 heteroatoms. The number of nitrogens with zero attached hydrogens (tertiary/aromatic N) is 2. The molecular formula is C23H21N3O2. The summed E-state index contributed by atoms with van der Waals surface area (Å²) in [6.07, 6.45) is 1.02. The van der Waals surface area contributed by atoms with E-state index in [1.54, 1.807) is 12.1 Å². The summed E-state index contributed by atoms with van der Waals surface area (Å²) in [5.74, 6) is 0. The van der Waals surface area contributed by atoms with E-state index in [-0.39, 0.29) is 5.69 Å². The molecular weight excluding hydrogens is 350 g/mol. The Morgan fingerprint density at radius 2 is 1.39 bits per heavy atom. The van der Waals surface area contributed by atoms with Gasteiger partial charge in [0.25, 0.3) is 5.69 Å². The van der Waals surface area contributed by atoms with E-state index in [1.807, 2.05) is 54.6 Å². The van der Waals surface area contributed by atoms with Crippen molar-refractivity contribution in [3.63, 3.8) is 0 Å². The van der Waals surface area contributed by atoms with Crippen LogP contribution in [0.5, 0.6) is 0 Å². The number of nitriles is 1. The van der Waals surface area contributed by atoms with Crippen LogP contribution in [0, 0.1) is 21.4 Å². The fraction of sp³-hybridized carbons (Fsp3) is 0.174. The van der Waals surface area contributed by atoms with Crippen LogP contribution in [0.4, 0.5) is 5.69 Å². The summed E-state index contributed by atoms with van der Waals surface area (Å²) in [4.78, 5) is 10.6. The molecule has 140 valence electrons. The monoisotopic (exact) mass is 371 g/mol. The molecule has 2 N–H and O–H groups in total. The van der Waals surface area contributed by atoms with E-state index in [4.69, 9.17) is 5.73 Å². The lowest BCUT2D eigenvalue weighted by Crippen LogP contribution is -2.30. The van der Waals surface area contributed by atoms with Gasteiger partial charge >= 0.3 is 0 Å². The molecule has 0 heterocycles. The van der Waals surface area contributed by atoms with E-state index in [9.17, 15) is 15.4 Å². The minimum absolute atomic E-state index is 0.0163. The molecule has 0 radical (unpaired) electrons. The average molecular weight is 371 g/mol. The molecule has 0 aliphatic rings. The first-order chi connectivity index (χ1) is 13.6. The van der Waals surface area contributed by atoms with Crippen molar-refractivity contribution in [2.75, 3.05) is 0 Å². The van der Waals surface area contributed by atoms with Gasteiger partial charge in [-0.05, 0) is 35.1 Å². The van der Waals surface area contributed by atoms with Gasteiger partial charge in [-0.25, -0.2) is 0 Å². The van der Waals surface area contributed by atoms with Crippen LogP contribution in [0.15, 0.2) is 78.9 Å². The zero-order chi connectivity index (χ0) is 20.0. The third-order valence-corrected chi connectivity index (χ3v) is 4.96. The predicted molar refractivity (Wildman–Crippen MR) is 109 cm³/mol. The van der Waals surface area contributed by atoms with Crippen molar-refractivity contribution in [2.45, 2.75) is 24.8 Å².